The Morgan fingerprint density at radius 3 is 2.52 bits per heavy atom. The zero-order chi connectivity index (χ0) is 20.2. The smallest absolute Gasteiger partial charge is 0.379 e. The van der Waals surface area contributed by atoms with Gasteiger partial charge >= 0.3 is 6.18 Å². The summed E-state index contributed by atoms with van der Waals surface area (Å²) in [7, 11) is 1.98. The van der Waals surface area contributed by atoms with Gasteiger partial charge in [-0.15, -0.1) is 0 Å². The number of likely N-dealkylation sites (tertiary alicyclic amines) is 1. The summed E-state index contributed by atoms with van der Waals surface area (Å²) in [5.74, 6) is -0.733. The van der Waals surface area contributed by atoms with E-state index in [1.165, 1.54) is 11.6 Å². The second-order valence-corrected chi connectivity index (χ2v) is 7.31. The molecule has 2 heterocycles. The third-order valence-corrected chi connectivity index (χ3v) is 4.74. The molecule has 1 aliphatic rings. The molecular weight excluding hydrogens is 361 g/mol. The fourth-order valence-electron chi connectivity index (χ4n) is 3.27. The predicted molar refractivity (Wildman–Crippen MR) is 95.8 cm³/mol. The van der Waals surface area contributed by atoms with Crippen molar-refractivity contribution in [2.75, 3.05) is 33.3 Å². The van der Waals surface area contributed by atoms with Crippen LogP contribution in [0, 0.1) is 6.92 Å². The Balaban J connectivity index is 2.15. The Labute approximate surface area is 158 Å². The number of carbonyl (C=O) groups is 1. The maximum absolute atomic E-state index is 13.5. The van der Waals surface area contributed by atoms with Gasteiger partial charge in [-0.25, -0.2) is 0 Å². The number of nitrogens with one attached hydrogen (secondary N) is 1. The zero-order valence-electron chi connectivity index (χ0n) is 16.4. The van der Waals surface area contributed by atoms with Crippen LogP contribution in [0.4, 0.5) is 13.2 Å². The predicted octanol–water partition coefficient (Wildman–Crippen LogP) is 3.02. The van der Waals surface area contributed by atoms with E-state index in [-0.39, 0.29) is 29.9 Å². The molecule has 1 aliphatic heterocycles. The second-order valence-electron chi connectivity index (χ2n) is 7.31. The molecule has 1 fully saturated rings. The molecule has 1 aromatic rings. The van der Waals surface area contributed by atoms with Crippen molar-refractivity contribution in [2.45, 2.75) is 58.4 Å². The molecule has 1 aromatic heterocycles. The average Bonchev–Trinajstić information content (AvgIpc) is 2.92. The third-order valence-electron chi connectivity index (χ3n) is 4.74. The van der Waals surface area contributed by atoms with Crippen LogP contribution in [0.1, 0.15) is 60.9 Å². The summed E-state index contributed by atoms with van der Waals surface area (Å²) >= 11 is 0. The lowest BCUT2D eigenvalue weighted by molar-refractivity contribution is -0.142. The minimum absolute atomic E-state index is 0.0764. The number of rotatable bonds is 7. The van der Waals surface area contributed by atoms with Gasteiger partial charge in [-0.1, -0.05) is 0 Å². The molecule has 2 rings (SSSR count). The zero-order valence-corrected chi connectivity index (χ0v) is 16.4. The van der Waals surface area contributed by atoms with E-state index in [0.717, 1.165) is 13.1 Å². The van der Waals surface area contributed by atoms with Crippen molar-refractivity contribution in [1.29, 1.82) is 0 Å². The molecule has 0 spiro atoms. The molecule has 154 valence electrons. The van der Waals surface area contributed by atoms with Crippen LogP contribution in [0.2, 0.25) is 0 Å². The number of hydrogen-bond acceptors (Lipinski definition) is 4. The van der Waals surface area contributed by atoms with Crippen LogP contribution in [0.25, 0.3) is 0 Å². The Bertz CT molecular complexity index is 635. The topological polar surface area (TPSA) is 59.4 Å². The van der Waals surface area contributed by atoms with Crippen LogP contribution in [0.5, 0.6) is 0 Å². The Kier molecular flexibility index (Phi) is 7.27. The molecule has 0 bridgehead atoms. The largest absolute Gasteiger partial charge is 0.435 e. The number of piperidine rings is 1. The van der Waals surface area contributed by atoms with Crippen LogP contribution < -0.4 is 5.32 Å². The first-order valence-corrected chi connectivity index (χ1v) is 9.36. The molecular formula is C18H29F3N4O2. The minimum atomic E-state index is -4.67. The number of carbonyl (C=O) groups excluding carboxylic acids is 1. The monoisotopic (exact) mass is 390 g/mol. The first kappa shape index (κ1) is 21.7. The number of halogens is 3. The van der Waals surface area contributed by atoms with E-state index in [9.17, 15) is 18.0 Å². The summed E-state index contributed by atoms with van der Waals surface area (Å²) in [5.41, 5.74) is -1.20. The highest BCUT2D eigenvalue weighted by molar-refractivity contribution is 5.96. The number of ether oxygens (including phenoxy) is 1. The normalized spacial score (nSPS) is 16.9. The van der Waals surface area contributed by atoms with Crippen molar-refractivity contribution in [3.8, 4) is 0 Å². The van der Waals surface area contributed by atoms with Gasteiger partial charge in [0.15, 0.2) is 5.69 Å². The van der Waals surface area contributed by atoms with Gasteiger partial charge in [-0.05, 0) is 60.2 Å². The molecule has 9 heteroatoms. The highest BCUT2D eigenvalue weighted by atomic mass is 19.4. The lowest BCUT2D eigenvalue weighted by atomic mass is 10.1. The number of hydrogen-bond donors (Lipinski definition) is 1. The summed E-state index contributed by atoms with van der Waals surface area (Å²) in [6, 6.07) is -0.122. The lowest BCUT2D eigenvalue weighted by Crippen LogP contribution is -2.32. The minimum Gasteiger partial charge on any atom is -0.379 e. The number of nitrogens with zero attached hydrogens (tertiary/aromatic N) is 3. The average molecular weight is 390 g/mol. The van der Waals surface area contributed by atoms with E-state index in [2.05, 4.69) is 15.3 Å². The lowest BCUT2D eigenvalue weighted by Gasteiger charge is -2.29. The Morgan fingerprint density at radius 2 is 1.96 bits per heavy atom. The van der Waals surface area contributed by atoms with Crippen LogP contribution in [-0.4, -0.2) is 60.0 Å². The van der Waals surface area contributed by atoms with E-state index in [1.54, 1.807) is 0 Å². The number of amides is 1. The molecule has 0 radical (unpaired) electrons. The first-order chi connectivity index (χ1) is 12.6. The summed E-state index contributed by atoms with van der Waals surface area (Å²) < 4.78 is 47.2. The van der Waals surface area contributed by atoms with Gasteiger partial charge in [0.2, 0.25) is 0 Å². The van der Waals surface area contributed by atoms with Gasteiger partial charge in [0.05, 0.1) is 17.7 Å². The highest BCUT2D eigenvalue weighted by Gasteiger charge is 2.41. The molecule has 0 atom stereocenters. The molecule has 0 unspecified atom stereocenters. The van der Waals surface area contributed by atoms with E-state index in [1.807, 2.05) is 20.9 Å². The molecule has 1 saturated heterocycles. The van der Waals surface area contributed by atoms with E-state index >= 15 is 0 Å². The quantitative estimate of drug-likeness (QED) is 0.727. The summed E-state index contributed by atoms with van der Waals surface area (Å²) in [6.07, 6.45) is -2.64. The van der Waals surface area contributed by atoms with Crippen molar-refractivity contribution in [3.63, 3.8) is 0 Å². The van der Waals surface area contributed by atoms with Crippen LogP contribution >= 0.6 is 0 Å². The van der Waals surface area contributed by atoms with E-state index < -0.39 is 17.8 Å². The molecule has 0 aromatic carbocycles. The van der Waals surface area contributed by atoms with Gasteiger partial charge in [0.1, 0.15) is 0 Å². The first-order valence-electron chi connectivity index (χ1n) is 9.36. The van der Waals surface area contributed by atoms with Crippen molar-refractivity contribution in [3.05, 3.63) is 17.0 Å². The standard InChI is InChI=1S/C18H29F3N4O2/c1-12(2)27-11-5-8-22-17(26)15-13(3)25(23-16(15)18(19,20)21)14-6-9-24(4)10-7-14/h12,14H,5-11H2,1-4H3,(H,22,26). The van der Waals surface area contributed by atoms with Gasteiger partial charge in [-0.3, -0.25) is 9.48 Å². The summed E-state index contributed by atoms with van der Waals surface area (Å²) in [4.78, 5) is 14.6. The maximum Gasteiger partial charge on any atom is 0.435 e. The van der Waals surface area contributed by atoms with Crippen molar-refractivity contribution >= 4 is 5.91 Å². The summed E-state index contributed by atoms with van der Waals surface area (Å²) in [5, 5.41) is 6.37. The fraction of sp³-hybridized carbons (Fsp3) is 0.778. The second kappa shape index (κ2) is 9.05. The van der Waals surface area contributed by atoms with Crippen molar-refractivity contribution in [1.82, 2.24) is 20.0 Å². The molecule has 0 aliphatic carbocycles. The molecule has 6 nitrogen and oxygen atoms in total. The van der Waals surface area contributed by atoms with Crippen molar-refractivity contribution in [2.24, 2.45) is 0 Å². The summed E-state index contributed by atoms with van der Waals surface area (Å²) in [6.45, 7) is 7.62. The van der Waals surface area contributed by atoms with Gasteiger partial charge < -0.3 is 15.0 Å². The van der Waals surface area contributed by atoms with Gasteiger partial charge in [-0.2, -0.15) is 18.3 Å². The fourth-order valence-corrected chi connectivity index (χ4v) is 3.27. The maximum atomic E-state index is 13.5. The van der Waals surface area contributed by atoms with Crippen LogP contribution in [0.3, 0.4) is 0 Å². The highest BCUT2D eigenvalue weighted by Crippen LogP contribution is 2.34. The third kappa shape index (κ3) is 5.68. The van der Waals surface area contributed by atoms with Crippen LogP contribution in [0.15, 0.2) is 0 Å². The van der Waals surface area contributed by atoms with Gasteiger partial charge in [0, 0.05) is 18.8 Å². The molecule has 0 saturated carbocycles. The number of aromatic nitrogens is 2. The van der Waals surface area contributed by atoms with Crippen LogP contribution in [-0.2, 0) is 10.9 Å². The SMILES string of the molecule is Cc1c(C(=O)NCCCOC(C)C)c(C(F)(F)F)nn1C1CCN(C)CC1. The Hall–Kier alpha value is -1.61. The van der Waals surface area contributed by atoms with E-state index in [4.69, 9.17) is 4.74 Å². The number of alkyl halides is 3. The van der Waals surface area contributed by atoms with E-state index in [0.29, 0.717) is 25.9 Å². The van der Waals surface area contributed by atoms with Gasteiger partial charge in [0.25, 0.3) is 5.91 Å². The molecule has 1 N–H and O–H groups in total. The molecule has 27 heavy (non-hydrogen) atoms. The van der Waals surface area contributed by atoms with Crippen molar-refractivity contribution < 1.29 is 22.7 Å². The molecule has 1 amide bonds. The Morgan fingerprint density at radius 1 is 1.33 bits per heavy atom.